The summed E-state index contributed by atoms with van der Waals surface area (Å²) in [6.07, 6.45) is 6.83. The van der Waals surface area contributed by atoms with Crippen molar-refractivity contribution >= 4 is 10.0 Å². The first-order valence-corrected chi connectivity index (χ1v) is 11.4. The van der Waals surface area contributed by atoms with Crippen LogP contribution in [-0.2, 0) is 21.4 Å². The minimum atomic E-state index is -3.81. The lowest BCUT2D eigenvalue weighted by molar-refractivity contribution is 0.0918. The largest absolute Gasteiger partial charge is 0.391 e. The van der Waals surface area contributed by atoms with Gasteiger partial charge in [0.15, 0.2) is 5.82 Å². The molecule has 31 heavy (non-hydrogen) atoms. The number of hydrogen-bond donors (Lipinski definition) is 2. The Morgan fingerprint density at radius 2 is 1.97 bits per heavy atom. The molecule has 3 aromatic heterocycles. The van der Waals surface area contributed by atoms with E-state index in [9.17, 15) is 13.5 Å². The second-order valence-electron chi connectivity index (χ2n) is 7.44. The standard InChI is InChI=1S/C20H24N6O4S/c1-30-13-19-23-20(26(24-19)15-4-2-8-21-11-15)14-6-7-18(27)17(10-14)25-31(28,29)16-5-3-9-22-12-16/h2-5,8-9,11-12,14,17-18,25,27H,6-7,10,13H2,1H3/t14-,17+,18+/m0/s1. The van der Waals surface area contributed by atoms with Crippen molar-refractivity contribution in [3.8, 4) is 5.69 Å². The number of nitrogens with zero attached hydrogens (tertiary/aromatic N) is 5. The third-order valence-corrected chi connectivity index (χ3v) is 6.75. The van der Waals surface area contributed by atoms with E-state index in [1.54, 1.807) is 30.3 Å². The van der Waals surface area contributed by atoms with Gasteiger partial charge in [0.05, 0.1) is 18.0 Å². The average molecular weight is 445 g/mol. The predicted molar refractivity (Wildman–Crippen MR) is 111 cm³/mol. The Balaban J connectivity index is 1.61. The second kappa shape index (κ2) is 9.18. The highest BCUT2D eigenvalue weighted by Gasteiger charge is 2.35. The zero-order chi connectivity index (χ0) is 21.8. The van der Waals surface area contributed by atoms with E-state index in [0.717, 1.165) is 5.69 Å². The molecule has 3 atom stereocenters. The molecule has 0 saturated heterocycles. The van der Waals surface area contributed by atoms with Crippen LogP contribution in [0.2, 0.25) is 0 Å². The number of hydrogen-bond acceptors (Lipinski definition) is 8. The molecule has 2 N–H and O–H groups in total. The maximum Gasteiger partial charge on any atom is 0.242 e. The summed E-state index contributed by atoms with van der Waals surface area (Å²) >= 11 is 0. The maximum atomic E-state index is 12.7. The molecule has 164 valence electrons. The molecule has 0 spiro atoms. The van der Waals surface area contributed by atoms with E-state index in [1.165, 1.54) is 18.5 Å². The van der Waals surface area contributed by atoms with Gasteiger partial charge in [-0.3, -0.25) is 9.97 Å². The van der Waals surface area contributed by atoms with Gasteiger partial charge in [0, 0.05) is 37.7 Å². The molecule has 0 aliphatic heterocycles. The van der Waals surface area contributed by atoms with E-state index in [-0.39, 0.29) is 17.4 Å². The van der Waals surface area contributed by atoms with Gasteiger partial charge < -0.3 is 9.84 Å². The molecule has 0 radical (unpaired) electrons. The Hall–Kier alpha value is -2.73. The van der Waals surface area contributed by atoms with Crippen molar-refractivity contribution < 1.29 is 18.3 Å². The van der Waals surface area contributed by atoms with Gasteiger partial charge in [-0.1, -0.05) is 0 Å². The first-order valence-electron chi connectivity index (χ1n) is 9.93. The lowest BCUT2D eigenvalue weighted by Crippen LogP contribution is -2.46. The fraction of sp³-hybridized carbons (Fsp3) is 0.400. The van der Waals surface area contributed by atoms with Crippen LogP contribution in [-0.4, -0.2) is 57.5 Å². The van der Waals surface area contributed by atoms with Crippen LogP contribution in [0.1, 0.15) is 36.8 Å². The number of aromatic nitrogens is 5. The molecule has 1 aliphatic carbocycles. The minimum Gasteiger partial charge on any atom is -0.391 e. The van der Waals surface area contributed by atoms with Crippen molar-refractivity contribution in [1.82, 2.24) is 29.5 Å². The molecule has 0 aromatic carbocycles. The molecule has 4 rings (SSSR count). The maximum absolute atomic E-state index is 12.7. The van der Waals surface area contributed by atoms with Gasteiger partial charge in [-0.05, 0) is 43.5 Å². The molecule has 3 heterocycles. The van der Waals surface area contributed by atoms with E-state index < -0.39 is 22.2 Å². The van der Waals surface area contributed by atoms with E-state index in [1.807, 2.05) is 12.1 Å². The normalized spacial score (nSPS) is 21.8. The minimum absolute atomic E-state index is 0.0604. The molecule has 11 heteroatoms. The van der Waals surface area contributed by atoms with Gasteiger partial charge in [-0.15, -0.1) is 5.10 Å². The number of rotatable bonds is 7. The second-order valence-corrected chi connectivity index (χ2v) is 9.15. The number of aliphatic hydroxyl groups is 1. The van der Waals surface area contributed by atoms with Crippen LogP contribution in [0.15, 0.2) is 53.9 Å². The molecule has 1 saturated carbocycles. The summed E-state index contributed by atoms with van der Waals surface area (Å²) in [5.41, 5.74) is 0.756. The first kappa shape index (κ1) is 21.5. The average Bonchev–Trinajstić information content (AvgIpc) is 3.21. The van der Waals surface area contributed by atoms with Crippen LogP contribution in [0, 0.1) is 0 Å². The van der Waals surface area contributed by atoms with Crippen molar-refractivity contribution in [2.24, 2.45) is 0 Å². The Kier molecular flexibility index (Phi) is 6.37. The van der Waals surface area contributed by atoms with Gasteiger partial charge in [0.2, 0.25) is 10.0 Å². The third-order valence-electron chi connectivity index (χ3n) is 5.27. The van der Waals surface area contributed by atoms with Crippen LogP contribution in [0.5, 0.6) is 0 Å². The number of methoxy groups -OCH3 is 1. The topological polar surface area (TPSA) is 132 Å². The van der Waals surface area contributed by atoms with Crippen molar-refractivity contribution in [1.29, 1.82) is 0 Å². The molecular formula is C20H24N6O4S. The molecule has 0 unspecified atom stereocenters. The third kappa shape index (κ3) is 4.79. The van der Waals surface area contributed by atoms with Crippen molar-refractivity contribution in [2.45, 2.75) is 48.8 Å². The molecule has 3 aromatic rings. The predicted octanol–water partition coefficient (Wildman–Crippen LogP) is 1.18. The first-order chi connectivity index (χ1) is 15.0. The quantitative estimate of drug-likeness (QED) is 0.555. The van der Waals surface area contributed by atoms with E-state index in [4.69, 9.17) is 4.74 Å². The van der Waals surface area contributed by atoms with Gasteiger partial charge in [0.25, 0.3) is 0 Å². The summed E-state index contributed by atoms with van der Waals surface area (Å²) in [7, 11) is -2.24. The van der Waals surface area contributed by atoms with Crippen LogP contribution in [0.3, 0.4) is 0 Å². The molecular weight excluding hydrogens is 420 g/mol. The highest BCUT2D eigenvalue weighted by Crippen LogP contribution is 2.34. The fourth-order valence-corrected chi connectivity index (χ4v) is 5.03. The Labute approximate surface area is 180 Å². The summed E-state index contributed by atoms with van der Waals surface area (Å²) in [5.74, 6) is 1.11. The highest BCUT2D eigenvalue weighted by atomic mass is 32.2. The zero-order valence-electron chi connectivity index (χ0n) is 17.0. The lowest BCUT2D eigenvalue weighted by Gasteiger charge is -2.33. The smallest absolute Gasteiger partial charge is 0.242 e. The molecule has 1 fully saturated rings. The van der Waals surface area contributed by atoms with E-state index >= 15 is 0 Å². The van der Waals surface area contributed by atoms with Crippen molar-refractivity contribution in [3.63, 3.8) is 0 Å². The van der Waals surface area contributed by atoms with Crippen LogP contribution in [0.4, 0.5) is 0 Å². The van der Waals surface area contributed by atoms with Crippen molar-refractivity contribution in [2.75, 3.05) is 7.11 Å². The van der Waals surface area contributed by atoms with Gasteiger partial charge in [-0.25, -0.2) is 22.8 Å². The molecule has 1 aliphatic rings. The number of aliphatic hydroxyl groups excluding tert-OH is 1. The summed E-state index contributed by atoms with van der Waals surface area (Å²) in [6, 6.07) is 6.06. The Morgan fingerprint density at radius 1 is 1.19 bits per heavy atom. The number of ether oxygens (including phenoxy) is 1. The monoisotopic (exact) mass is 444 g/mol. The summed E-state index contributed by atoms with van der Waals surface area (Å²) in [5, 5.41) is 15.0. The van der Waals surface area contributed by atoms with Gasteiger partial charge >= 0.3 is 0 Å². The summed E-state index contributed by atoms with van der Waals surface area (Å²) < 4.78 is 35.0. The number of sulfonamides is 1. The summed E-state index contributed by atoms with van der Waals surface area (Å²) in [6.45, 7) is 0.257. The number of nitrogens with one attached hydrogen (secondary N) is 1. The van der Waals surface area contributed by atoms with Crippen LogP contribution in [0.25, 0.3) is 5.69 Å². The Morgan fingerprint density at radius 3 is 2.65 bits per heavy atom. The Bertz CT molecular complexity index is 1110. The van der Waals surface area contributed by atoms with Crippen LogP contribution < -0.4 is 4.72 Å². The highest BCUT2D eigenvalue weighted by molar-refractivity contribution is 7.89. The zero-order valence-corrected chi connectivity index (χ0v) is 17.8. The lowest BCUT2D eigenvalue weighted by atomic mass is 9.83. The molecule has 0 bridgehead atoms. The summed E-state index contributed by atoms with van der Waals surface area (Å²) in [4.78, 5) is 12.7. The van der Waals surface area contributed by atoms with E-state index in [0.29, 0.717) is 30.9 Å². The SMILES string of the molecule is COCc1nc([C@H]2CC[C@@H](O)[C@H](NS(=O)(=O)c3cccnc3)C2)n(-c2cccnc2)n1. The molecule has 10 nitrogen and oxygen atoms in total. The van der Waals surface area contributed by atoms with Crippen molar-refractivity contribution in [3.05, 3.63) is 60.7 Å². The fourth-order valence-electron chi connectivity index (χ4n) is 3.78. The van der Waals surface area contributed by atoms with E-state index in [2.05, 4.69) is 24.8 Å². The van der Waals surface area contributed by atoms with Gasteiger partial charge in [-0.2, -0.15) is 0 Å². The molecule has 0 amide bonds. The van der Waals surface area contributed by atoms with Gasteiger partial charge in [0.1, 0.15) is 17.3 Å². The number of pyridine rings is 2. The van der Waals surface area contributed by atoms with Crippen LogP contribution >= 0.6 is 0 Å².